The normalized spacial score (nSPS) is 10.0. The molecule has 0 saturated carbocycles. The van der Waals surface area contributed by atoms with Crippen molar-refractivity contribution in [3.8, 4) is 5.75 Å². The van der Waals surface area contributed by atoms with Gasteiger partial charge in [-0.3, -0.25) is 0 Å². The molecule has 21 heavy (non-hydrogen) atoms. The van der Waals surface area contributed by atoms with Crippen LogP contribution < -0.4 is 21.1 Å². The van der Waals surface area contributed by atoms with Crippen LogP contribution in [-0.4, -0.2) is 13.1 Å². The van der Waals surface area contributed by atoms with Crippen LogP contribution in [0.1, 0.15) is 5.56 Å². The Hall–Kier alpha value is -2.21. The molecule has 0 aliphatic carbocycles. The van der Waals surface area contributed by atoms with Crippen molar-refractivity contribution in [3.05, 3.63) is 52.5 Å². The van der Waals surface area contributed by atoms with Gasteiger partial charge < -0.3 is 21.1 Å². The van der Waals surface area contributed by atoms with E-state index in [4.69, 9.17) is 10.5 Å². The van der Waals surface area contributed by atoms with Gasteiger partial charge in [0.1, 0.15) is 5.75 Å². The van der Waals surface area contributed by atoms with Gasteiger partial charge in [-0.1, -0.05) is 15.9 Å². The van der Waals surface area contributed by atoms with Gasteiger partial charge in [-0.05, 0) is 42.5 Å². The highest BCUT2D eigenvalue weighted by Crippen LogP contribution is 2.24. The summed E-state index contributed by atoms with van der Waals surface area (Å²) in [6, 6.07) is 12.6. The van der Waals surface area contributed by atoms with Gasteiger partial charge in [-0.2, -0.15) is 0 Å². The Bertz CT molecular complexity index is 629. The number of anilines is 2. The van der Waals surface area contributed by atoms with E-state index < -0.39 is 6.03 Å². The largest absolute Gasteiger partial charge is 0.496 e. The number of methoxy groups -OCH3 is 1. The fourth-order valence-electron chi connectivity index (χ4n) is 1.90. The monoisotopic (exact) mass is 349 g/mol. The zero-order chi connectivity index (χ0) is 15.2. The van der Waals surface area contributed by atoms with Crippen LogP contribution in [0.4, 0.5) is 16.2 Å². The van der Waals surface area contributed by atoms with Crippen molar-refractivity contribution in [1.29, 1.82) is 0 Å². The molecule has 0 saturated heterocycles. The molecule has 0 fully saturated rings. The number of rotatable bonds is 5. The van der Waals surface area contributed by atoms with Crippen molar-refractivity contribution in [2.24, 2.45) is 5.73 Å². The van der Waals surface area contributed by atoms with Gasteiger partial charge in [0.05, 0.1) is 7.11 Å². The molecule has 0 radical (unpaired) electrons. The Kier molecular flexibility index (Phi) is 5.05. The maximum atomic E-state index is 10.7. The molecule has 2 aromatic rings. The predicted molar refractivity (Wildman–Crippen MR) is 87.7 cm³/mol. The van der Waals surface area contributed by atoms with Crippen LogP contribution in [0.15, 0.2) is 46.9 Å². The third-order valence-corrected chi connectivity index (χ3v) is 3.37. The van der Waals surface area contributed by atoms with Crippen LogP contribution in [0.5, 0.6) is 5.75 Å². The quantitative estimate of drug-likeness (QED) is 0.772. The Labute approximate surface area is 131 Å². The lowest BCUT2D eigenvalue weighted by atomic mass is 10.2. The van der Waals surface area contributed by atoms with Gasteiger partial charge in [-0.15, -0.1) is 0 Å². The standard InChI is InChI=1S/C15H16BrN3O2/c1-21-14-7-2-11(16)8-10(14)9-18-12-3-5-13(6-4-12)19-15(17)20/h2-8,18H,9H2,1H3,(H3,17,19,20). The summed E-state index contributed by atoms with van der Waals surface area (Å²) >= 11 is 3.45. The minimum atomic E-state index is -0.574. The molecule has 0 bridgehead atoms. The number of primary amides is 1. The number of nitrogens with one attached hydrogen (secondary N) is 2. The predicted octanol–water partition coefficient (Wildman–Crippen LogP) is 3.56. The number of carbonyl (C=O) groups excluding carboxylic acids is 1. The fourth-order valence-corrected chi connectivity index (χ4v) is 2.30. The fraction of sp³-hybridized carbons (Fsp3) is 0.133. The Morgan fingerprint density at radius 3 is 2.48 bits per heavy atom. The highest BCUT2D eigenvalue weighted by molar-refractivity contribution is 9.10. The second-order valence-corrected chi connectivity index (χ2v) is 5.29. The highest BCUT2D eigenvalue weighted by atomic mass is 79.9. The van der Waals surface area contributed by atoms with Crippen LogP contribution in [0.2, 0.25) is 0 Å². The minimum absolute atomic E-state index is 0.574. The number of amides is 2. The molecule has 4 N–H and O–H groups in total. The first-order valence-electron chi connectivity index (χ1n) is 6.31. The Balaban J connectivity index is 2.03. The van der Waals surface area contributed by atoms with Crippen LogP contribution in [-0.2, 0) is 6.54 Å². The zero-order valence-electron chi connectivity index (χ0n) is 11.5. The van der Waals surface area contributed by atoms with Crippen LogP contribution in [0.3, 0.4) is 0 Å². The van der Waals surface area contributed by atoms with Crippen molar-refractivity contribution < 1.29 is 9.53 Å². The molecule has 0 aromatic heterocycles. The summed E-state index contributed by atoms with van der Waals surface area (Å²) in [5.74, 6) is 0.831. The molecule has 2 rings (SSSR count). The second kappa shape index (κ2) is 6.99. The van der Waals surface area contributed by atoms with Gasteiger partial charge in [0.15, 0.2) is 0 Å². The van der Waals surface area contributed by atoms with Crippen LogP contribution in [0.25, 0.3) is 0 Å². The molecule has 0 unspecified atom stereocenters. The number of urea groups is 1. The maximum Gasteiger partial charge on any atom is 0.316 e. The average molecular weight is 350 g/mol. The van der Waals surface area contributed by atoms with Crippen molar-refractivity contribution in [3.63, 3.8) is 0 Å². The van der Waals surface area contributed by atoms with Crippen molar-refractivity contribution >= 4 is 33.3 Å². The molecule has 0 spiro atoms. The summed E-state index contributed by atoms with van der Waals surface area (Å²) in [7, 11) is 1.65. The maximum absolute atomic E-state index is 10.7. The molecular weight excluding hydrogens is 334 g/mol. The van der Waals surface area contributed by atoms with Crippen molar-refractivity contribution in [1.82, 2.24) is 0 Å². The third-order valence-electron chi connectivity index (χ3n) is 2.88. The highest BCUT2D eigenvalue weighted by Gasteiger charge is 2.04. The number of ether oxygens (including phenoxy) is 1. The summed E-state index contributed by atoms with van der Waals surface area (Å²) in [4.78, 5) is 10.7. The molecule has 110 valence electrons. The number of nitrogens with two attached hydrogens (primary N) is 1. The summed E-state index contributed by atoms with van der Waals surface area (Å²) in [6.07, 6.45) is 0. The molecule has 0 aliphatic rings. The third kappa shape index (κ3) is 4.39. The number of halogens is 1. The van der Waals surface area contributed by atoms with Gasteiger partial charge >= 0.3 is 6.03 Å². The van der Waals surface area contributed by atoms with E-state index in [1.807, 2.05) is 30.3 Å². The van der Waals surface area contributed by atoms with E-state index >= 15 is 0 Å². The van der Waals surface area contributed by atoms with Crippen molar-refractivity contribution in [2.75, 3.05) is 17.7 Å². The first kappa shape index (κ1) is 15.2. The topological polar surface area (TPSA) is 76.4 Å². The molecule has 0 atom stereocenters. The summed E-state index contributed by atoms with van der Waals surface area (Å²) in [5, 5.41) is 5.81. The molecule has 5 nitrogen and oxygen atoms in total. The number of hydrogen-bond donors (Lipinski definition) is 3. The Morgan fingerprint density at radius 2 is 1.86 bits per heavy atom. The molecule has 0 heterocycles. The van der Waals surface area contributed by atoms with E-state index in [0.717, 1.165) is 21.5 Å². The van der Waals surface area contributed by atoms with Crippen molar-refractivity contribution in [2.45, 2.75) is 6.54 Å². The molecular formula is C15H16BrN3O2. The van der Waals surface area contributed by atoms with Gasteiger partial charge in [0.2, 0.25) is 0 Å². The number of carbonyl (C=O) groups is 1. The van der Waals surface area contributed by atoms with Gasteiger partial charge in [-0.25, -0.2) is 4.79 Å². The average Bonchev–Trinajstić information content (AvgIpc) is 2.46. The first-order valence-corrected chi connectivity index (χ1v) is 7.10. The summed E-state index contributed by atoms with van der Waals surface area (Å²) < 4.78 is 6.33. The molecule has 0 aliphatic heterocycles. The van der Waals surface area contributed by atoms with Crippen LogP contribution in [0, 0.1) is 0 Å². The lowest BCUT2D eigenvalue weighted by molar-refractivity contribution is 0.259. The van der Waals surface area contributed by atoms with E-state index in [9.17, 15) is 4.79 Å². The molecule has 2 amide bonds. The SMILES string of the molecule is COc1ccc(Br)cc1CNc1ccc(NC(N)=O)cc1. The molecule has 2 aromatic carbocycles. The van der Waals surface area contributed by atoms with E-state index in [1.165, 1.54) is 0 Å². The summed E-state index contributed by atoms with van der Waals surface area (Å²) in [5.41, 5.74) is 7.70. The van der Waals surface area contributed by atoms with E-state index in [-0.39, 0.29) is 0 Å². The van der Waals surface area contributed by atoms with Crippen LogP contribution >= 0.6 is 15.9 Å². The summed E-state index contributed by atoms with van der Waals surface area (Å²) in [6.45, 7) is 0.630. The Morgan fingerprint density at radius 1 is 1.19 bits per heavy atom. The van der Waals surface area contributed by atoms with Gasteiger partial charge in [0.25, 0.3) is 0 Å². The van der Waals surface area contributed by atoms with E-state index in [1.54, 1.807) is 19.2 Å². The number of hydrogen-bond acceptors (Lipinski definition) is 3. The lowest BCUT2D eigenvalue weighted by Gasteiger charge is -2.11. The number of benzene rings is 2. The minimum Gasteiger partial charge on any atom is -0.496 e. The second-order valence-electron chi connectivity index (χ2n) is 4.38. The van der Waals surface area contributed by atoms with Gasteiger partial charge in [0, 0.05) is 28.0 Å². The lowest BCUT2D eigenvalue weighted by Crippen LogP contribution is -2.19. The molecule has 6 heteroatoms. The zero-order valence-corrected chi connectivity index (χ0v) is 13.1. The van der Waals surface area contributed by atoms with E-state index in [0.29, 0.717) is 12.2 Å². The first-order chi connectivity index (χ1) is 10.1. The smallest absolute Gasteiger partial charge is 0.316 e. The van der Waals surface area contributed by atoms with E-state index in [2.05, 4.69) is 26.6 Å².